The smallest absolute Gasteiger partial charge is 0.150 e. The largest absolute Gasteiger partial charge is 0.360 e. The highest BCUT2D eigenvalue weighted by molar-refractivity contribution is 4.94. The van der Waals surface area contributed by atoms with Gasteiger partial charge in [0, 0.05) is 31.7 Å². The zero-order valence-corrected chi connectivity index (χ0v) is 7.86. The SMILES string of the molecule is C[C@@H]1CNCCN1Cc1ccno1. The summed E-state index contributed by atoms with van der Waals surface area (Å²) in [6.45, 7) is 6.32. The highest BCUT2D eigenvalue weighted by Crippen LogP contribution is 2.08. The van der Waals surface area contributed by atoms with Gasteiger partial charge in [-0.3, -0.25) is 4.90 Å². The summed E-state index contributed by atoms with van der Waals surface area (Å²) in [4.78, 5) is 2.40. The van der Waals surface area contributed by atoms with E-state index in [4.69, 9.17) is 4.52 Å². The summed E-state index contributed by atoms with van der Waals surface area (Å²) in [6, 6.07) is 2.51. The third-order valence-corrected chi connectivity index (χ3v) is 2.49. The summed E-state index contributed by atoms with van der Waals surface area (Å²) in [5.41, 5.74) is 0. The third kappa shape index (κ3) is 2.08. The molecule has 2 rings (SSSR count). The number of hydrogen-bond acceptors (Lipinski definition) is 4. The Morgan fingerprint density at radius 3 is 3.38 bits per heavy atom. The van der Waals surface area contributed by atoms with E-state index >= 15 is 0 Å². The van der Waals surface area contributed by atoms with E-state index in [0.717, 1.165) is 31.9 Å². The molecule has 1 aromatic rings. The lowest BCUT2D eigenvalue weighted by atomic mass is 10.2. The number of rotatable bonds is 2. The summed E-state index contributed by atoms with van der Waals surface area (Å²) in [5.74, 6) is 0.953. The highest BCUT2D eigenvalue weighted by atomic mass is 16.5. The van der Waals surface area contributed by atoms with E-state index in [1.807, 2.05) is 6.07 Å². The van der Waals surface area contributed by atoms with Crippen molar-refractivity contribution in [3.63, 3.8) is 0 Å². The summed E-state index contributed by atoms with van der Waals surface area (Å²) in [6.07, 6.45) is 1.70. The van der Waals surface area contributed by atoms with Crippen LogP contribution in [0.25, 0.3) is 0 Å². The lowest BCUT2D eigenvalue weighted by Gasteiger charge is -2.32. The van der Waals surface area contributed by atoms with Crippen LogP contribution >= 0.6 is 0 Å². The van der Waals surface area contributed by atoms with Crippen molar-refractivity contribution < 1.29 is 4.52 Å². The molecule has 1 aliphatic heterocycles. The molecule has 0 unspecified atom stereocenters. The van der Waals surface area contributed by atoms with Gasteiger partial charge in [0.15, 0.2) is 5.76 Å². The molecule has 13 heavy (non-hydrogen) atoms. The minimum Gasteiger partial charge on any atom is -0.360 e. The first-order chi connectivity index (χ1) is 6.36. The van der Waals surface area contributed by atoms with Gasteiger partial charge in [-0.2, -0.15) is 0 Å². The Kier molecular flexibility index (Phi) is 2.61. The molecule has 0 spiro atoms. The molecule has 72 valence electrons. The number of hydrogen-bond donors (Lipinski definition) is 1. The lowest BCUT2D eigenvalue weighted by Crippen LogP contribution is -2.49. The molecule has 0 aromatic carbocycles. The quantitative estimate of drug-likeness (QED) is 0.720. The van der Waals surface area contributed by atoms with Crippen LogP contribution in [-0.2, 0) is 6.54 Å². The van der Waals surface area contributed by atoms with E-state index in [1.165, 1.54) is 0 Å². The van der Waals surface area contributed by atoms with Crippen LogP contribution in [0.2, 0.25) is 0 Å². The van der Waals surface area contributed by atoms with Gasteiger partial charge in [-0.05, 0) is 6.92 Å². The molecule has 1 fully saturated rings. The molecule has 1 aromatic heterocycles. The first-order valence-corrected chi connectivity index (χ1v) is 4.70. The maximum Gasteiger partial charge on any atom is 0.150 e. The topological polar surface area (TPSA) is 41.3 Å². The second kappa shape index (κ2) is 3.89. The van der Waals surface area contributed by atoms with Crippen molar-refractivity contribution in [3.05, 3.63) is 18.0 Å². The number of aromatic nitrogens is 1. The van der Waals surface area contributed by atoms with Crippen LogP contribution in [0.15, 0.2) is 16.8 Å². The average Bonchev–Trinajstić information content (AvgIpc) is 2.61. The van der Waals surface area contributed by atoms with Crippen molar-refractivity contribution in [2.24, 2.45) is 0 Å². The van der Waals surface area contributed by atoms with Crippen molar-refractivity contribution in [2.75, 3.05) is 19.6 Å². The van der Waals surface area contributed by atoms with Gasteiger partial charge in [0.25, 0.3) is 0 Å². The fourth-order valence-corrected chi connectivity index (χ4v) is 1.64. The van der Waals surface area contributed by atoms with Gasteiger partial charge in [0.2, 0.25) is 0 Å². The first-order valence-electron chi connectivity index (χ1n) is 4.70. The van der Waals surface area contributed by atoms with Crippen LogP contribution in [0.4, 0.5) is 0 Å². The molecule has 0 saturated carbocycles. The Morgan fingerprint density at radius 1 is 1.77 bits per heavy atom. The molecular weight excluding hydrogens is 166 g/mol. The van der Waals surface area contributed by atoms with Crippen LogP contribution in [0.5, 0.6) is 0 Å². The highest BCUT2D eigenvalue weighted by Gasteiger charge is 2.18. The van der Waals surface area contributed by atoms with E-state index in [-0.39, 0.29) is 0 Å². The second-order valence-electron chi connectivity index (χ2n) is 3.50. The van der Waals surface area contributed by atoms with Gasteiger partial charge in [0.05, 0.1) is 12.7 Å². The van der Waals surface area contributed by atoms with Crippen molar-refractivity contribution in [2.45, 2.75) is 19.5 Å². The van der Waals surface area contributed by atoms with Crippen LogP contribution in [0, 0.1) is 0 Å². The fourth-order valence-electron chi connectivity index (χ4n) is 1.64. The van der Waals surface area contributed by atoms with Crippen molar-refractivity contribution in [1.29, 1.82) is 0 Å². The summed E-state index contributed by atoms with van der Waals surface area (Å²) < 4.78 is 5.07. The average molecular weight is 181 g/mol. The van der Waals surface area contributed by atoms with E-state index in [0.29, 0.717) is 6.04 Å². The summed E-state index contributed by atoms with van der Waals surface area (Å²) in [5, 5.41) is 7.05. The maximum absolute atomic E-state index is 5.07. The van der Waals surface area contributed by atoms with Gasteiger partial charge in [-0.1, -0.05) is 5.16 Å². The van der Waals surface area contributed by atoms with Crippen molar-refractivity contribution in [3.8, 4) is 0 Å². The minimum absolute atomic E-state index is 0.582. The predicted octanol–water partition coefficient (Wildman–Crippen LogP) is 0.468. The molecule has 4 nitrogen and oxygen atoms in total. The van der Waals surface area contributed by atoms with Crippen molar-refractivity contribution >= 4 is 0 Å². The Labute approximate surface area is 77.9 Å². The Hall–Kier alpha value is -0.870. The second-order valence-corrected chi connectivity index (χ2v) is 3.50. The molecule has 2 heterocycles. The minimum atomic E-state index is 0.582. The number of nitrogens with one attached hydrogen (secondary N) is 1. The van der Waals surface area contributed by atoms with E-state index < -0.39 is 0 Å². The summed E-state index contributed by atoms with van der Waals surface area (Å²) in [7, 11) is 0. The molecule has 0 bridgehead atoms. The van der Waals surface area contributed by atoms with Crippen LogP contribution in [0.1, 0.15) is 12.7 Å². The van der Waals surface area contributed by atoms with Crippen molar-refractivity contribution in [1.82, 2.24) is 15.4 Å². The Balaban J connectivity index is 1.93. The fraction of sp³-hybridized carbons (Fsp3) is 0.667. The third-order valence-electron chi connectivity index (χ3n) is 2.49. The van der Waals surface area contributed by atoms with Gasteiger partial charge < -0.3 is 9.84 Å². The van der Waals surface area contributed by atoms with Crippen LogP contribution in [-0.4, -0.2) is 35.7 Å². The zero-order chi connectivity index (χ0) is 9.10. The Bertz CT molecular complexity index is 247. The monoisotopic (exact) mass is 181 g/mol. The molecular formula is C9H15N3O. The Morgan fingerprint density at radius 2 is 2.69 bits per heavy atom. The molecule has 0 amide bonds. The lowest BCUT2D eigenvalue weighted by molar-refractivity contribution is 0.149. The standard InChI is InChI=1S/C9H15N3O/c1-8-6-10-4-5-12(8)7-9-2-3-11-13-9/h2-3,8,10H,4-7H2,1H3/t8-/m1/s1. The van der Waals surface area contributed by atoms with Gasteiger partial charge >= 0.3 is 0 Å². The van der Waals surface area contributed by atoms with Crippen LogP contribution in [0.3, 0.4) is 0 Å². The van der Waals surface area contributed by atoms with Gasteiger partial charge in [-0.15, -0.1) is 0 Å². The van der Waals surface area contributed by atoms with Crippen LogP contribution < -0.4 is 5.32 Å². The molecule has 0 aliphatic carbocycles. The van der Waals surface area contributed by atoms with Gasteiger partial charge in [-0.25, -0.2) is 0 Å². The maximum atomic E-state index is 5.07. The molecule has 1 aliphatic rings. The number of nitrogens with zero attached hydrogens (tertiary/aromatic N) is 2. The normalized spacial score (nSPS) is 24.8. The predicted molar refractivity (Wildman–Crippen MR) is 49.2 cm³/mol. The van der Waals surface area contributed by atoms with E-state index in [2.05, 4.69) is 22.3 Å². The first kappa shape index (κ1) is 8.72. The molecule has 1 atom stereocenters. The molecule has 4 heteroatoms. The summed E-state index contributed by atoms with van der Waals surface area (Å²) >= 11 is 0. The molecule has 1 N–H and O–H groups in total. The van der Waals surface area contributed by atoms with E-state index in [9.17, 15) is 0 Å². The molecule has 1 saturated heterocycles. The van der Waals surface area contributed by atoms with E-state index in [1.54, 1.807) is 6.20 Å². The molecule has 0 radical (unpaired) electrons. The number of piperazine rings is 1. The van der Waals surface area contributed by atoms with Gasteiger partial charge in [0.1, 0.15) is 0 Å². The zero-order valence-electron chi connectivity index (χ0n) is 7.86.